The number of nitrogens with zero attached hydrogens (tertiary/aromatic N) is 5. The van der Waals surface area contributed by atoms with Crippen LogP contribution in [0.2, 0.25) is 0 Å². The Morgan fingerprint density at radius 3 is 2.77 bits per heavy atom. The van der Waals surface area contributed by atoms with Crippen molar-refractivity contribution in [3.8, 4) is 11.4 Å². The molecule has 1 amide bonds. The minimum Gasteiger partial charge on any atom is -0.306 e. The first-order valence-electron chi connectivity index (χ1n) is 8.41. The van der Waals surface area contributed by atoms with Gasteiger partial charge in [-0.1, -0.05) is 12.1 Å². The molecule has 8 heteroatoms. The standard InChI is InChI=1S/C18H15N7O/c26-18(21-15-7-9-19-14-8-10-20-25(14)15)13-5-3-12(4-6-13)17-22-16(23-24-17)11-1-2-11/h3-11H,1-2H2,(H,21,26)(H,22,23,24). The highest BCUT2D eigenvalue weighted by Gasteiger charge is 2.27. The molecule has 128 valence electrons. The van der Waals surface area contributed by atoms with Crippen LogP contribution in [-0.2, 0) is 0 Å². The molecule has 0 atom stereocenters. The van der Waals surface area contributed by atoms with Gasteiger partial charge in [-0.2, -0.15) is 14.7 Å². The fourth-order valence-corrected chi connectivity index (χ4v) is 2.83. The third-order valence-electron chi connectivity index (χ3n) is 4.40. The van der Waals surface area contributed by atoms with Crippen LogP contribution >= 0.6 is 0 Å². The number of aromatic nitrogens is 6. The number of fused-ring (bicyclic) bond motifs is 1. The molecule has 4 aromatic rings. The minimum atomic E-state index is -0.215. The number of rotatable bonds is 4. The fourth-order valence-electron chi connectivity index (χ4n) is 2.83. The van der Waals surface area contributed by atoms with Gasteiger partial charge < -0.3 is 5.32 Å². The van der Waals surface area contributed by atoms with E-state index in [2.05, 4.69) is 30.6 Å². The normalized spacial score (nSPS) is 13.8. The second-order valence-electron chi connectivity index (χ2n) is 6.28. The molecule has 0 spiro atoms. The van der Waals surface area contributed by atoms with Gasteiger partial charge in [-0.3, -0.25) is 9.89 Å². The van der Waals surface area contributed by atoms with Crippen LogP contribution in [0.5, 0.6) is 0 Å². The van der Waals surface area contributed by atoms with Crippen LogP contribution in [-0.4, -0.2) is 35.7 Å². The van der Waals surface area contributed by atoms with Gasteiger partial charge in [0.15, 0.2) is 11.5 Å². The molecule has 1 saturated carbocycles. The summed E-state index contributed by atoms with van der Waals surface area (Å²) in [6.45, 7) is 0. The first kappa shape index (κ1) is 14.8. The third-order valence-corrected chi connectivity index (χ3v) is 4.40. The Labute approximate surface area is 148 Å². The molecular formula is C18H15N7O. The van der Waals surface area contributed by atoms with E-state index in [0.717, 1.165) is 11.4 Å². The Bertz CT molecular complexity index is 1090. The van der Waals surface area contributed by atoms with E-state index in [4.69, 9.17) is 0 Å². The number of anilines is 1. The molecule has 1 aliphatic carbocycles. The van der Waals surface area contributed by atoms with E-state index in [0.29, 0.717) is 28.8 Å². The van der Waals surface area contributed by atoms with E-state index >= 15 is 0 Å². The Morgan fingerprint density at radius 2 is 1.96 bits per heavy atom. The smallest absolute Gasteiger partial charge is 0.256 e. The van der Waals surface area contributed by atoms with Gasteiger partial charge >= 0.3 is 0 Å². The number of nitrogens with one attached hydrogen (secondary N) is 2. The van der Waals surface area contributed by atoms with E-state index in [1.807, 2.05) is 12.1 Å². The Hall–Kier alpha value is -3.55. The van der Waals surface area contributed by atoms with Gasteiger partial charge in [0.25, 0.3) is 5.91 Å². The van der Waals surface area contributed by atoms with Crippen LogP contribution in [0.4, 0.5) is 5.82 Å². The summed E-state index contributed by atoms with van der Waals surface area (Å²) in [7, 11) is 0. The zero-order valence-electron chi connectivity index (χ0n) is 13.8. The predicted octanol–water partition coefficient (Wildman–Crippen LogP) is 2.64. The summed E-state index contributed by atoms with van der Waals surface area (Å²) in [5.74, 6) is 2.49. The summed E-state index contributed by atoms with van der Waals surface area (Å²) in [6.07, 6.45) is 5.62. The predicted molar refractivity (Wildman–Crippen MR) is 94.7 cm³/mol. The van der Waals surface area contributed by atoms with Crippen molar-refractivity contribution in [1.29, 1.82) is 0 Å². The first-order valence-corrected chi connectivity index (χ1v) is 8.41. The number of benzene rings is 1. The second-order valence-corrected chi connectivity index (χ2v) is 6.28. The Morgan fingerprint density at radius 1 is 1.12 bits per heavy atom. The van der Waals surface area contributed by atoms with Gasteiger partial charge in [-0.15, -0.1) is 0 Å². The van der Waals surface area contributed by atoms with E-state index in [9.17, 15) is 4.79 Å². The summed E-state index contributed by atoms with van der Waals surface area (Å²) in [5.41, 5.74) is 2.10. The number of carbonyl (C=O) groups is 1. The molecule has 0 bridgehead atoms. The lowest BCUT2D eigenvalue weighted by molar-refractivity contribution is 0.102. The summed E-state index contributed by atoms with van der Waals surface area (Å²) in [6, 6.07) is 10.7. The van der Waals surface area contributed by atoms with Crippen molar-refractivity contribution in [2.75, 3.05) is 5.32 Å². The van der Waals surface area contributed by atoms with Crippen molar-refractivity contribution in [2.45, 2.75) is 18.8 Å². The molecule has 26 heavy (non-hydrogen) atoms. The quantitative estimate of drug-likeness (QED) is 0.592. The van der Waals surface area contributed by atoms with Crippen LogP contribution in [0.25, 0.3) is 17.0 Å². The monoisotopic (exact) mass is 345 g/mol. The van der Waals surface area contributed by atoms with Gasteiger partial charge in [-0.25, -0.2) is 9.97 Å². The molecule has 1 aromatic carbocycles. The maximum atomic E-state index is 12.5. The molecule has 0 saturated heterocycles. The molecule has 0 unspecified atom stereocenters. The van der Waals surface area contributed by atoms with Gasteiger partial charge in [0.05, 0.1) is 6.20 Å². The van der Waals surface area contributed by atoms with Crippen molar-refractivity contribution in [2.24, 2.45) is 0 Å². The lowest BCUT2D eigenvalue weighted by atomic mass is 10.1. The SMILES string of the molecule is O=C(Nc1ccnc2ccnn12)c1ccc(-c2n[nH]c(C3CC3)n2)cc1. The molecule has 0 aliphatic heterocycles. The highest BCUT2D eigenvalue weighted by Crippen LogP contribution is 2.38. The average molecular weight is 345 g/mol. The fraction of sp³-hybridized carbons (Fsp3) is 0.167. The highest BCUT2D eigenvalue weighted by atomic mass is 16.1. The molecule has 2 N–H and O–H groups in total. The molecule has 8 nitrogen and oxygen atoms in total. The second kappa shape index (κ2) is 5.76. The van der Waals surface area contributed by atoms with Crippen molar-refractivity contribution < 1.29 is 4.79 Å². The molecule has 3 aromatic heterocycles. The van der Waals surface area contributed by atoms with E-state index < -0.39 is 0 Å². The number of hydrogen-bond acceptors (Lipinski definition) is 5. The van der Waals surface area contributed by atoms with Gasteiger partial charge in [0.1, 0.15) is 11.6 Å². The molecule has 1 fully saturated rings. The molecule has 3 heterocycles. The average Bonchev–Trinajstić information content (AvgIpc) is 3.20. The molecule has 1 aliphatic rings. The Kier molecular flexibility index (Phi) is 3.27. The topological polar surface area (TPSA) is 101 Å². The summed E-state index contributed by atoms with van der Waals surface area (Å²) >= 11 is 0. The van der Waals surface area contributed by atoms with Crippen LogP contribution < -0.4 is 5.32 Å². The number of H-pyrrole nitrogens is 1. The third kappa shape index (κ3) is 2.61. The number of amides is 1. The summed E-state index contributed by atoms with van der Waals surface area (Å²) in [5, 5.41) is 14.3. The lowest BCUT2D eigenvalue weighted by Crippen LogP contribution is -2.14. The first-order chi connectivity index (χ1) is 12.8. The number of aromatic amines is 1. The molecule has 0 radical (unpaired) electrons. The number of hydrogen-bond donors (Lipinski definition) is 2. The van der Waals surface area contributed by atoms with Crippen LogP contribution in [0.15, 0.2) is 48.8 Å². The molecular weight excluding hydrogens is 330 g/mol. The number of carbonyl (C=O) groups excluding carboxylic acids is 1. The van der Waals surface area contributed by atoms with Crippen LogP contribution in [0.3, 0.4) is 0 Å². The van der Waals surface area contributed by atoms with E-state index in [1.165, 1.54) is 12.8 Å². The van der Waals surface area contributed by atoms with Crippen molar-refractivity contribution in [1.82, 2.24) is 29.8 Å². The Balaban J connectivity index is 1.36. The van der Waals surface area contributed by atoms with Crippen LogP contribution in [0.1, 0.15) is 34.9 Å². The highest BCUT2D eigenvalue weighted by molar-refractivity contribution is 6.04. The largest absolute Gasteiger partial charge is 0.306 e. The minimum absolute atomic E-state index is 0.215. The van der Waals surface area contributed by atoms with Gasteiger partial charge in [0, 0.05) is 29.3 Å². The van der Waals surface area contributed by atoms with Crippen molar-refractivity contribution in [3.05, 3.63) is 60.2 Å². The van der Waals surface area contributed by atoms with E-state index in [-0.39, 0.29) is 5.91 Å². The molecule has 5 rings (SSSR count). The van der Waals surface area contributed by atoms with Crippen molar-refractivity contribution in [3.63, 3.8) is 0 Å². The zero-order chi connectivity index (χ0) is 17.5. The summed E-state index contributed by atoms with van der Waals surface area (Å²) < 4.78 is 1.58. The van der Waals surface area contributed by atoms with E-state index in [1.54, 1.807) is 41.2 Å². The summed E-state index contributed by atoms with van der Waals surface area (Å²) in [4.78, 5) is 21.2. The maximum Gasteiger partial charge on any atom is 0.256 e. The van der Waals surface area contributed by atoms with Gasteiger partial charge in [-0.05, 0) is 31.0 Å². The van der Waals surface area contributed by atoms with Crippen LogP contribution in [0, 0.1) is 0 Å². The maximum absolute atomic E-state index is 12.5. The zero-order valence-corrected chi connectivity index (χ0v) is 13.8. The lowest BCUT2D eigenvalue weighted by Gasteiger charge is -2.07. The van der Waals surface area contributed by atoms with Gasteiger partial charge in [0.2, 0.25) is 0 Å². The van der Waals surface area contributed by atoms with Crippen molar-refractivity contribution >= 4 is 17.4 Å².